The van der Waals surface area contributed by atoms with Crippen molar-refractivity contribution in [1.29, 1.82) is 0 Å². The number of carbonyl (C=O) groups excluding carboxylic acids is 1. The third-order valence-electron chi connectivity index (χ3n) is 4.16. The number of piperidine rings is 1. The molecule has 0 aromatic carbocycles. The summed E-state index contributed by atoms with van der Waals surface area (Å²) in [5.74, 6) is -0.0155. The second kappa shape index (κ2) is 7.08. The number of carbonyl (C=O) groups is 1. The maximum atomic E-state index is 12.6. The highest BCUT2D eigenvalue weighted by atomic mass is 35.5. The SMILES string of the molecule is CC1CNCCC1NC(=O)c1nc(S(C)(=O)=O)n2ccccc12.Cl. The van der Waals surface area contributed by atoms with Crippen LogP contribution in [0.3, 0.4) is 0 Å². The number of nitrogens with zero attached hydrogens (tertiary/aromatic N) is 2. The van der Waals surface area contributed by atoms with Gasteiger partial charge in [-0.3, -0.25) is 9.20 Å². The molecular weight excluding hydrogens is 352 g/mol. The molecule has 2 aromatic rings. The molecule has 7 nitrogen and oxygen atoms in total. The van der Waals surface area contributed by atoms with Crippen LogP contribution in [-0.2, 0) is 9.84 Å². The maximum absolute atomic E-state index is 12.6. The van der Waals surface area contributed by atoms with Gasteiger partial charge in [-0.05, 0) is 37.6 Å². The Balaban J connectivity index is 0.00000208. The van der Waals surface area contributed by atoms with E-state index < -0.39 is 9.84 Å². The molecule has 1 aliphatic heterocycles. The molecule has 0 radical (unpaired) electrons. The minimum Gasteiger partial charge on any atom is -0.348 e. The summed E-state index contributed by atoms with van der Waals surface area (Å²) in [4.78, 5) is 16.7. The monoisotopic (exact) mass is 372 g/mol. The van der Waals surface area contributed by atoms with E-state index in [1.54, 1.807) is 24.4 Å². The van der Waals surface area contributed by atoms with E-state index in [1.165, 1.54) is 4.40 Å². The van der Waals surface area contributed by atoms with Crippen molar-refractivity contribution in [1.82, 2.24) is 20.0 Å². The lowest BCUT2D eigenvalue weighted by molar-refractivity contribution is 0.0911. The fraction of sp³-hybridized carbons (Fsp3) is 0.467. The molecule has 2 atom stereocenters. The third-order valence-corrected chi connectivity index (χ3v) is 5.12. The van der Waals surface area contributed by atoms with E-state index in [1.807, 2.05) is 0 Å². The van der Waals surface area contributed by atoms with Crippen molar-refractivity contribution >= 4 is 33.7 Å². The molecule has 2 unspecified atom stereocenters. The molecule has 3 rings (SSSR count). The molecule has 132 valence electrons. The zero-order chi connectivity index (χ0) is 16.6. The van der Waals surface area contributed by atoms with Gasteiger partial charge in [0.2, 0.25) is 15.0 Å². The van der Waals surface area contributed by atoms with Gasteiger partial charge in [0.05, 0.1) is 5.52 Å². The number of hydrogen-bond acceptors (Lipinski definition) is 5. The first-order chi connectivity index (χ1) is 10.9. The predicted octanol–water partition coefficient (Wildman–Crippen LogP) is 0.887. The van der Waals surface area contributed by atoms with Crippen molar-refractivity contribution in [2.24, 2.45) is 5.92 Å². The van der Waals surface area contributed by atoms with Gasteiger partial charge >= 0.3 is 0 Å². The predicted molar refractivity (Wildman–Crippen MR) is 93.5 cm³/mol. The van der Waals surface area contributed by atoms with Crippen LogP contribution in [-0.4, -0.2) is 49.1 Å². The summed E-state index contributed by atoms with van der Waals surface area (Å²) in [5.41, 5.74) is 0.642. The van der Waals surface area contributed by atoms with Gasteiger partial charge in [0.1, 0.15) is 0 Å². The van der Waals surface area contributed by atoms with E-state index in [0.717, 1.165) is 25.8 Å². The van der Waals surface area contributed by atoms with Crippen LogP contribution in [0.1, 0.15) is 23.8 Å². The molecule has 1 fully saturated rings. The first kappa shape index (κ1) is 18.7. The van der Waals surface area contributed by atoms with E-state index >= 15 is 0 Å². The van der Waals surface area contributed by atoms with Crippen LogP contribution in [0.4, 0.5) is 0 Å². The minimum absolute atomic E-state index is 0. The van der Waals surface area contributed by atoms with Crippen LogP contribution < -0.4 is 10.6 Å². The topological polar surface area (TPSA) is 92.6 Å². The normalized spacial score (nSPS) is 21.2. The zero-order valence-electron chi connectivity index (χ0n) is 13.5. The fourth-order valence-corrected chi connectivity index (χ4v) is 3.68. The summed E-state index contributed by atoms with van der Waals surface area (Å²) >= 11 is 0. The Hall–Kier alpha value is -1.64. The van der Waals surface area contributed by atoms with Crippen molar-refractivity contribution in [2.75, 3.05) is 19.3 Å². The molecular formula is C15H21ClN4O3S. The standard InChI is InChI=1S/C15H20N4O3S.ClH/c1-10-9-16-7-6-11(10)17-14(20)13-12-5-3-4-8-19(12)15(18-13)23(2,21)22;/h3-5,8,10-11,16H,6-7,9H2,1-2H3,(H,17,20);1H. The van der Waals surface area contributed by atoms with Gasteiger partial charge in [-0.1, -0.05) is 13.0 Å². The molecule has 0 spiro atoms. The van der Waals surface area contributed by atoms with Gasteiger partial charge < -0.3 is 10.6 Å². The molecule has 0 aliphatic carbocycles. The quantitative estimate of drug-likeness (QED) is 0.834. The summed E-state index contributed by atoms with van der Waals surface area (Å²) < 4.78 is 25.2. The van der Waals surface area contributed by atoms with Crippen molar-refractivity contribution in [3.8, 4) is 0 Å². The van der Waals surface area contributed by atoms with Crippen LogP contribution in [0.15, 0.2) is 29.6 Å². The summed E-state index contributed by atoms with van der Waals surface area (Å²) in [6.07, 6.45) is 3.53. The van der Waals surface area contributed by atoms with Gasteiger partial charge in [-0.2, -0.15) is 0 Å². The maximum Gasteiger partial charge on any atom is 0.272 e. The Kier molecular flexibility index (Phi) is 5.52. The first-order valence-corrected chi connectivity index (χ1v) is 9.46. The smallest absolute Gasteiger partial charge is 0.272 e. The number of pyridine rings is 1. The van der Waals surface area contributed by atoms with Crippen molar-refractivity contribution in [2.45, 2.75) is 24.5 Å². The Bertz CT molecular complexity index is 850. The van der Waals surface area contributed by atoms with Crippen LogP contribution in [0.25, 0.3) is 5.52 Å². The number of hydrogen-bond donors (Lipinski definition) is 2. The third kappa shape index (κ3) is 3.55. The average Bonchev–Trinajstić information content (AvgIpc) is 2.89. The number of fused-ring (bicyclic) bond motifs is 1. The number of aromatic nitrogens is 2. The number of halogens is 1. The summed E-state index contributed by atoms with van der Waals surface area (Å²) in [6, 6.07) is 5.22. The Morgan fingerprint density at radius 2 is 2.17 bits per heavy atom. The Morgan fingerprint density at radius 3 is 2.83 bits per heavy atom. The summed E-state index contributed by atoms with van der Waals surface area (Å²) in [5, 5.41) is 6.16. The highest BCUT2D eigenvalue weighted by Gasteiger charge is 2.27. The molecule has 2 aromatic heterocycles. The van der Waals surface area contributed by atoms with Crippen LogP contribution in [0.5, 0.6) is 0 Å². The van der Waals surface area contributed by atoms with E-state index in [4.69, 9.17) is 0 Å². The van der Waals surface area contributed by atoms with E-state index in [0.29, 0.717) is 11.4 Å². The van der Waals surface area contributed by atoms with Crippen molar-refractivity contribution in [3.05, 3.63) is 30.1 Å². The molecule has 0 bridgehead atoms. The van der Waals surface area contributed by atoms with Crippen LogP contribution in [0.2, 0.25) is 0 Å². The van der Waals surface area contributed by atoms with Gasteiger partial charge in [0.25, 0.3) is 5.91 Å². The number of sulfone groups is 1. The Morgan fingerprint density at radius 1 is 1.42 bits per heavy atom. The molecule has 2 N–H and O–H groups in total. The van der Waals surface area contributed by atoms with Gasteiger partial charge in [0.15, 0.2) is 5.69 Å². The van der Waals surface area contributed by atoms with E-state index in [-0.39, 0.29) is 35.2 Å². The lowest BCUT2D eigenvalue weighted by Crippen LogP contribution is -2.48. The van der Waals surface area contributed by atoms with Crippen molar-refractivity contribution < 1.29 is 13.2 Å². The lowest BCUT2D eigenvalue weighted by Gasteiger charge is -2.29. The van der Waals surface area contributed by atoms with Crippen molar-refractivity contribution in [3.63, 3.8) is 0 Å². The fourth-order valence-electron chi connectivity index (χ4n) is 2.90. The van der Waals surface area contributed by atoms with Gasteiger partial charge in [-0.25, -0.2) is 13.4 Å². The van der Waals surface area contributed by atoms with E-state index in [2.05, 4.69) is 22.5 Å². The van der Waals surface area contributed by atoms with Gasteiger partial charge in [-0.15, -0.1) is 12.4 Å². The summed E-state index contributed by atoms with van der Waals surface area (Å²) in [6.45, 7) is 3.78. The van der Waals surface area contributed by atoms with E-state index in [9.17, 15) is 13.2 Å². The van der Waals surface area contributed by atoms with Crippen LogP contribution in [0, 0.1) is 5.92 Å². The zero-order valence-corrected chi connectivity index (χ0v) is 15.2. The average molecular weight is 373 g/mol. The second-order valence-corrected chi connectivity index (χ2v) is 7.93. The number of imidazole rings is 1. The summed E-state index contributed by atoms with van der Waals surface area (Å²) in [7, 11) is -3.52. The molecule has 24 heavy (non-hydrogen) atoms. The first-order valence-electron chi connectivity index (χ1n) is 7.56. The largest absolute Gasteiger partial charge is 0.348 e. The van der Waals surface area contributed by atoms with Gasteiger partial charge in [0, 0.05) is 18.5 Å². The number of nitrogens with one attached hydrogen (secondary N) is 2. The van der Waals surface area contributed by atoms with Crippen LogP contribution >= 0.6 is 12.4 Å². The Labute approximate surface area is 147 Å². The second-order valence-electron chi connectivity index (χ2n) is 6.02. The lowest BCUT2D eigenvalue weighted by atomic mass is 9.95. The molecule has 3 heterocycles. The molecule has 1 amide bonds. The minimum atomic E-state index is -3.52. The molecule has 0 saturated carbocycles. The number of rotatable bonds is 3. The number of amides is 1. The highest BCUT2D eigenvalue weighted by Crippen LogP contribution is 2.18. The highest BCUT2D eigenvalue weighted by molar-refractivity contribution is 7.90. The molecule has 9 heteroatoms. The molecule has 1 aliphatic rings. The molecule has 1 saturated heterocycles.